The van der Waals surface area contributed by atoms with Crippen LogP contribution in [0.1, 0.15) is 12.5 Å². The number of sulfone groups is 1. The molecule has 3 aromatic rings. The minimum atomic E-state index is -3.37. The minimum Gasteiger partial charge on any atom is -0.453 e. The monoisotopic (exact) mass is 426 g/mol. The van der Waals surface area contributed by atoms with Crippen molar-refractivity contribution in [1.29, 1.82) is 0 Å². The number of hydrogen-bond donors (Lipinski definition) is 1. The minimum absolute atomic E-state index is 0.0314. The van der Waals surface area contributed by atoms with Crippen molar-refractivity contribution in [3.8, 4) is 11.5 Å². The third-order valence-corrected chi connectivity index (χ3v) is 5.82. The highest BCUT2D eigenvalue weighted by Crippen LogP contribution is 2.25. The molecule has 6 nitrogen and oxygen atoms in total. The molecule has 0 radical (unpaired) electrons. The summed E-state index contributed by atoms with van der Waals surface area (Å²) in [6.07, 6.45) is 5.73. The highest BCUT2D eigenvalue weighted by atomic mass is 32.2. The normalized spacial score (nSPS) is 11.4. The Morgan fingerprint density at radius 2 is 2.00 bits per heavy atom. The van der Waals surface area contributed by atoms with Crippen LogP contribution in [0.15, 0.2) is 78.0 Å². The molecule has 154 valence electrons. The summed E-state index contributed by atoms with van der Waals surface area (Å²) < 4.78 is 43.6. The van der Waals surface area contributed by atoms with Gasteiger partial charge in [0.15, 0.2) is 21.4 Å². The summed E-state index contributed by atoms with van der Waals surface area (Å²) in [7, 11) is -3.37. The van der Waals surface area contributed by atoms with Gasteiger partial charge in [-0.3, -0.25) is 9.78 Å². The molecule has 0 spiro atoms. The molecular weight excluding hydrogens is 407 g/mol. The number of nitrogens with one attached hydrogen (secondary N) is 1. The lowest BCUT2D eigenvalue weighted by Gasteiger charge is -2.07. The molecule has 30 heavy (non-hydrogen) atoms. The number of carbonyl (C=O) groups excluding carboxylic acids is 1. The zero-order valence-corrected chi connectivity index (χ0v) is 16.9. The SMILES string of the molecule is CCS(=O)(=O)c1cccc(NC(=O)/C=C/c2ccc(Oc3cccnc3)c(F)c2)c1. The number of pyridine rings is 1. The van der Waals surface area contributed by atoms with Crippen molar-refractivity contribution < 1.29 is 22.3 Å². The van der Waals surface area contributed by atoms with Gasteiger partial charge in [0.2, 0.25) is 5.91 Å². The third-order valence-electron chi connectivity index (χ3n) is 4.09. The van der Waals surface area contributed by atoms with Crippen molar-refractivity contribution in [3.63, 3.8) is 0 Å². The van der Waals surface area contributed by atoms with Crippen molar-refractivity contribution >= 4 is 27.5 Å². The number of benzene rings is 2. The van der Waals surface area contributed by atoms with Gasteiger partial charge in [0, 0.05) is 18.0 Å². The van der Waals surface area contributed by atoms with Crippen LogP contribution in [-0.4, -0.2) is 25.1 Å². The number of anilines is 1. The van der Waals surface area contributed by atoms with E-state index in [1.54, 1.807) is 43.5 Å². The molecule has 1 heterocycles. The first-order chi connectivity index (χ1) is 14.4. The predicted octanol–water partition coefficient (Wildman–Crippen LogP) is 4.46. The van der Waals surface area contributed by atoms with Gasteiger partial charge in [-0.05, 0) is 54.1 Å². The summed E-state index contributed by atoms with van der Waals surface area (Å²) in [6, 6.07) is 13.7. The Labute approximate surface area is 174 Å². The average molecular weight is 426 g/mol. The van der Waals surface area contributed by atoms with Crippen LogP contribution < -0.4 is 10.1 Å². The van der Waals surface area contributed by atoms with Crippen LogP contribution in [0.3, 0.4) is 0 Å². The highest BCUT2D eigenvalue weighted by Gasteiger charge is 2.12. The molecule has 0 saturated carbocycles. The van der Waals surface area contributed by atoms with Gasteiger partial charge in [-0.25, -0.2) is 12.8 Å². The molecule has 1 aromatic heterocycles. The second-order valence-corrected chi connectivity index (χ2v) is 8.51. The predicted molar refractivity (Wildman–Crippen MR) is 113 cm³/mol. The van der Waals surface area contributed by atoms with Crippen LogP contribution in [0.4, 0.5) is 10.1 Å². The Bertz CT molecular complexity index is 1180. The maximum absolute atomic E-state index is 14.3. The first kappa shape index (κ1) is 21.2. The Balaban J connectivity index is 1.66. The number of hydrogen-bond acceptors (Lipinski definition) is 5. The molecule has 0 bridgehead atoms. The van der Waals surface area contributed by atoms with Gasteiger partial charge in [0.05, 0.1) is 16.8 Å². The first-order valence-corrected chi connectivity index (χ1v) is 10.7. The van der Waals surface area contributed by atoms with Gasteiger partial charge in [-0.15, -0.1) is 0 Å². The lowest BCUT2D eigenvalue weighted by atomic mass is 10.2. The smallest absolute Gasteiger partial charge is 0.248 e. The molecule has 0 atom stereocenters. The molecule has 0 saturated heterocycles. The van der Waals surface area contributed by atoms with Crippen LogP contribution in [0.5, 0.6) is 11.5 Å². The Hall–Kier alpha value is -3.52. The Morgan fingerprint density at radius 1 is 1.17 bits per heavy atom. The molecule has 1 amide bonds. The number of amides is 1. The van der Waals surface area contributed by atoms with Gasteiger partial charge >= 0.3 is 0 Å². The quantitative estimate of drug-likeness (QED) is 0.564. The molecular formula is C22H19FN2O4S. The topological polar surface area (TPSA) is 85.4 Å². The lowest BCUT2D eigenvalue weighted by molar-refractivity contribution is -0.111. The summed E-state index contributed by atoms with van der Waals surface area (Å²) in [6.45, 7) is 1.55. The average Bonchev–Trinajstić information content (AvgIpc) is 2.75. The standard InChI is InChI=1S/C22H19FN2O4S/c1-2-30(27,28)19-7-3-5-17(14-19)25-22(26)11-9-16-8-10-21(20(23)13-16)29-18-6-4-12-24-15-18/h3-15H,2H2,1H3,(H,25,26)/b11-9+. The first-order valence-electron chi connectivity index (χ1n) is 9.07. The summed E-state index contributed by atoms with van der Waals surface area (Å²) in [5.41, 5.74) is 0.814. The van der Waals surface area contributed by atoms with Crippen molar-refractivity contribution in [2.45, 2.75) is 11.8 Å². The van der Waals surface area contributed by atoms with Gasteiger partial charge in [0.25, 0.3) is 0 Å². The van der Waals surface area contributed by atoms with Crippen molar-refractivity contribution in [1.82, 2.24) is 4.98 Å². The number of ether oxygens (including phenoxy) is 1. The number of nitrogens with zero attached hydrogens (tertiary/aromatic N) is 1. The van der Waals surface area contributed by atoms with Crippen LogP contribution in [0, 0.1) is 5.82 Å². The molecule has 8 heteroatoms. The lowest BCUT2D eigenvalue weighted by Crippen LogP contribution is -2.09. The molecule has 3 rings (SSSR count). The summed E-state index contributed by atoms with van der Waals surface area (Å²) >= 11 is 0. The number of rotatable bonds is 7. The van der Waals surface area contributed by atoms with E-state index in [0.717, 1.165) is 0 Å². The van der Waals surface area contributed by atoms with E-state index in [9.17, 15) is 17.6 Å². The zero-order valence-electron chi connectivity index (χ0n) is 16.1. The largest absolute Gasteiger partial charge is 0.453 e. The fourth-order valence-electron chi connectivity index (χ4n) is 2.53. The van der Waals surface area contributed by atoms with Crippen molar-refractivity contribution in [3.05, 3.63) is 84.4 Å². The van der Waals surface area contributed by atoms with Gasteiger partial charge in [0.1, 0.15) is 5.75 Å². The van der Waals surface area contributed by atoms with E-state index < -0.39 is 21.6 Å². The van der Waals surface area contributed by atoms with E-state index in [0.29, 0.717) is 17.0 Å². The number of aromatic nitrogens is 1. The van der Waals surface area contributed by atoms with E-state index in [-0.39, 0.29) is 16.4 Å². The van der Waals surface area contributed by atoms with E-state index in [1.807, 2.05) is 0 Å². The van der Waals surface area contributed by atoms with Crippen LogP contribution in [0.25, 0.3) is 6.08 Å². The molecule has 0 unspecified atom stereocenters. The van der Waals surface area contributed by atoms with Crippen LogP contribution in [0.2, 0.25) is 0 Å². The Kier molecular flexibility index (Phi) is 6.58. The van der Waals surface area contributed by atoms with E-state index >= 15 is 0 Å². The number of halogens is 1. The second-order valence-electron chi connectivity index (χ2n) is 6.23. The summed E-state index contributed by atoms with van der Waals surface area (Å²) in [4.78, 5) is 16.2. The van der Waals surface area contributed by atoms with Gasteiger partial charge in [-0.2, -0.15) is 0 Å². The number of carbonyl (C=O) groups is 1. The maximum atomic E-state index is 14.3. The molecule has 0 aliphatic carbocycles. The molecule has 0 fully saturated rings. The molecule has 1 N–H and O–H groups in total. The van der Waals surface area contributed by atoms with Crippen molar-refractivity contribution in [2.24, 2.45) is 0 Å². The zero-order chi connectivity index (χ0) is 21.6. The molecule has 0 aliphatic rings. The highest BCUT2D eigenvalue weighted by molar-refractivity contribution is 7.91. The molecule has 0 aliphatic heterocycles. The van der Waals surface area contributed by atoms with E-state index in [1.165, 1.54) is 42.6 Å². The fourth-order valence-corrected chi connectivity index (χ4v) is 3.45. The van der Waals surface area contributed by atoms with Gasteiger partial charge in [-0.1, -0.05) is 19.1 Å². The van der Waals surface area contributed by atoms with Gasteiger partial charge < -0.3 is 10.1 Å². The fraction of sp³-hybridized carbons (Fsp3) is 0.0909. The molecule has 2 aromatic carbocycles. The second kappa shape index (κ2) is 9.32. The van der Waals surface area contributed by atoms with Crippen molar-refractivity contribution in [2.75, 3.05) is 11.1 Å². The maximum Gasteiger partial charge on any atom is 0.248 e. The van der Waals surface area contributed by atoms with Crippen LogP contribution in [-0.2, 0) is 14.6 Å². The summed E-state index contributed by atoms with van der Waals surface area (Å²) in [5.74, 6) is -0.642. The van der Waals surface area contributed by atoms with Crippen LogP contribution >= 0.6 is 0 Å². The Morgan fingerprint density at radius 3 is 2.70 bits per heavy atom. The van der Waals surface area contributed by atoms with E-state index in [2.05, 4.69) is 10.3 Å². The third kappa shape index (κ3) is 5.51. The van der Waals surface area contributed by atoms with E-state index in [4.69, 9.17) is 4.74 Å². The summed E-state index contributed by atoms with van der Waals surface area (Å²) in [5, 5.41) is 2.59.